The van der Waals surface area contributed by atoms with Gasteiger partial charge >= 0.3 is 0 Å². The molecule has 6 heteroatoms. The predicted octanol–water partition coefficient (Wildman–Crippen LogP) is 3.22. The fraction of sp³-hybridized carbons (Fsp3) is 0.625. The molecule has 1 saturated heterocycles. The quantitative estimate of drug-likeness (QED) is 0.628. The molecule has 166 valence electrons. The zero-order valence-corrected chi connectivity index (χ0v) is 18.8. The third kappa shape index (κ3) is 6.22. The average Bonchev–Trinajstić information content (AvgIpc) is 2.79. The van der Waals surface area contributed by atoms with Crippen LogP contribution in [-0.4, -0.2) is 68.7 Å². The second-order valence-electron chi connectivity index (χ2n) is 8.33. The summed E-state index contributed by atoms with van der Waals surface area (Å²) in [6.07, 6.45) is 8.36. The Labute approximate surface area is 181 Å². The van der Waals surface area contributed by atoms with Gasteiger partial charge in [0.05, 0.1) is 20.3 Å². The molecule has 1 amide bonds. The van der Waals surface area contributed by atoms with Crippen LogP contribution >= 0.6 is 0 Å². The molecule has 1 aromatic carbocycles. The van der Waals surface area contributed by atoms with Gasteiger partial charge in [0.2, 0.25) is 5.91 Å². The van der Waals surface area contributed by atoms with Gasteiger partial charge in [-0.05, 0) is 56.7 Å². The second-order valence-corrected chi connectivity index (χ2v) is 8.33. The molecular weight excluding hydrogens is 378 g/mol. The summed E-state index contributed by atoms with van der Waals surface area (Å²) < 4.78 is 10.7. The number of hydrogen-bond acceptors (Lipinski definition) is 5. The number of benzene rings is 1. The van der Waals surface area contributed by atoms with Crippen LogP contribution in [0.3, 0.4) is 0 Å². The molecular formula is C24H37N3O3. The van der Waals surface area contributed by atoms with Crippen molar-refractivity contribution < 1.29 is 14.3 Å². The minimum absolute atomic E-state index is 0.0754. The molecule has 2 aliphatic rings. The van der Waals surface area contributed by atoms with Crippen molar-refractivity contribution in [2.24, 2.45) is 0 Å². The molecule has 0 aromatic heterocycles. The first-order chi connectivity index (χ1) is 14.6. The molecule has 1 fully saturated rings. The van der Waals surface area contributed by atoms with Crippen LogP contribution in [0.15, 0.2) is 29.8 Å². The SMILES string of the molecule is COc1ccc(CN2CCN([C@@H](C)C(=O)NCCC3=CCCCC3)CC2)cc1OC. The molecule has 0 spiro atoms. The van der Waals surface area contributed by atoms with Crippen LogP contribution in [0.2, 0.25) is 0 Å². The van der Waals surface area contributed by atoms with Gasteiger partial charge in [-0.15, -0.1) is 0 Å². The Morgan fingerprint density at radius 1 is 1.10 bits per heavy atom. The first-order valence-electron chi connectivity index (χ1n) is 11.2. The Kier molecular flexibility index (Phi) is 8.58. The molecule has 0 unspecified atom stereocenters. The number of methoxy groups -OCH3 is 2. The van der Waals surface area contributed by atoms with Crippen molar-refractivity contribution in [2.75, 3.05) is 46.9 Å². The lowest BCUT2D eigenvalue weighted by Gasteiger charge is -2.37. The Morgan fingerprint density at radius 3 is 2.53 bits per heavy atom. The van der Waals surface area contributed by atoms with Crippen LogP contribution in [0.5, 0.6) is 11.5 Å². The molecule has 1 aliphatic heterocycles. The maximum Gasteiger partial charge on any atom is 0.237 e. The van der Waals surface area contributed by atoms with Crippen LogP contribution in [0.25, 0.3) is 0 Å². The number of hydrogen-bond donors (Lipinski definition) is 1. The highest BCUT2D eigenvalue weighted by atomic mass is 16.5. The van der Waals surface area contributed by atoms with Gasteiger partial charge in [0.1, 0.15) is 0 Å². The Balaban J connectivity index is 1.40. The van der Waals surface area contributed by atoms with E-state index in [2.05, 4.69) is 27.3 Å². The largest absolute Gasteiger partial charge is 0.493 e. The van der Waals surface area contributed by atoms with Crippen molar-refractivity contribution in [1.29, 1.82) is 0 Å². The van der Waals surface area contributed by atoms with E-state index in [0.717, 1.165) is 57.2 Å². The van der Waals surface area contributed by atoms with E-state index in [0.29, 0.717) is 0 Å². The molecule has 6 nitrogen and oxygen atoms in total. The van der Waals surface area contributed by atoms with Gasteiger partial charge in [-0.25, -0.2) is 0 Å². The number of ether oxygens (including phenoxy) is 2. The van der Waals surface area contributed by atoms with E-state index in [4.69, 9.17) is 9.47 Å². The number of amides is 1. The maximum atomic E-state index is 12.6. The predicted molar refractivity (Wildman–Crippen MR) is 120 cm³/mol. The number of piperazine rings is 1. The smallest absolute Gasteiger partial charge is 0.237 e. The van der Waals surface area contributed by atoms with Gasteiger partial charge in [0.25, 0.3) is 0 Å². The lowest BCUT2D eigenvalue weighted by atomic mass is 9.97. The fourth-order valence-electron chi connectivity index (χ4n) is 4.34. The van der Waals surface area contributed by atoms with Crippen LogP contribution in [-0.2, 0) is 11.3 Å². The molecule has 0 radical (unpaired) electrons. The number of allylic oxidation sites excluding steroid dienone is 1. The van der Waals surface area contributed by atoms with Crippen molar-refractivity contribution in [3.05, 3.63) is 35.4 Å². The van der Waals surface area contributed by atoms with Crippen molar-refractivity contribution >= 4 is 5.91 Å². The van der Waals surface area contributed by atoms with E-state index >= 15 is 0 Å². The Hall–Kier alpha value is -2.05. The molecule has 1 aromatic rings. The average molecular weight is 416 g/mol. The highest BCUT2D eigenvalue weighted by molar-refractivity contribution is 5.81. The summed E-state index contributed by atoms with van der Waals surface area (Å²) in [5, 5.41) is 3.14. The summed E-state index contributed by atoms with van der Waals surface area (Å²) in [5.74, 6) is 1.67. The lowest BCUT2D eigenvalue weighted by molar-refractivity contribution is -0.126. The molecule has 1 N–H and O–H groups in total. The Morgan fingerprint density at radius 2 is 1.87 bits per heavy atom. The number of nitrogens with one attached hydrogen (secondary N) is 1. The van der Waals surface area contributed by atoms with Gasteiger partial charge < -0.3 is 14.8 Å². The third-order valence-electron chi connectivity index (χ3n) is 6.32. The number of nitrogens with zero attached hydrogens (tertiary/aromatic N) is 2. The van der Waals surface area contributed by atoms with E-state index in [9.17, 15) is 4.79 Å². The molecule has 1 atom stereocenters. The lowest BCUT2D eigenvalue weighted by Crippen LogP contribution is -2.53. The molecule has 1 aliphatic carbocycles. The van der Waals surface area contributed by atoms with E-state index in [1.165, 1.54) is 36.8 Å². The van der Waals surface area contributed by atoms with E-state index < -0.39 is 0 Å². The van der Waals surface area contributed by atoms with Crippen molar-refractivity contribution in [3.8, 4) is 11.5 Å². The minimum atomic E-state index is -0.0754. The zero-order valence-electron chi connectivity index (χ0n) is 18.8. The van der Waals surface area contributed by atoms with E-state index in [1.807, 2.05) is 19.1 Å². The van der Waals surface area contributed by atoms with Crippen LogP contribution in [0, 0.1) is 0 Å². The van der Waals surface area contributed by atoms with Gasteiger partial charge in [0, 0.05) is 39.3 Å². The van der Waals surface area contributed by atoms with Crippen LogP contribution in [0.1, 0.15) is 44.6 Å². The van der Waals surface area contributed by atoms with E-state index in [1.54, 1.807) is 14.2 Å². The maximum absolute atomic E-state index is 12.6. The summed E-state index contributed by atoms with van der Waals surface area (Å²) >= 11 is 0. The standard InChI is InChI=1S/C24H37N3O3/c1-19(24(28)25-12-11-20-7-5-4-6-8-20)27-15-13-26(14-16-27)18-21-9-10-22(29-2)23(17-21)30-3/h7,9-10,17,19H,4-6,8,11-16,18H2,1-3H3,(H,25,28)/t19-/m0/s1. The van der Waals surface area contributed by atoms with Gasteiger partial charge in [-0.1, -0.05) is 17.7 Å². The summed E-state index contributed by atoms with van der Waals surface area (Å²) in [6, 6.07) is 6.02. The van der Waals surface area contributed by atoms with Crippen LogP contribution in [0.4, 0.5) is 0 Å². The topological polar surface area (TPSA) is 54.0 Å². The molecule has 0 bridgehead atoms. The monoisotopic (exact) mass is 415 g/mol. The normalized spacial score (nSPS) is 19.1. The van der Waals surface area contributed by atoms with Gasteiger partial charge in [0.15, 0.2) is 11.5 Å². The molecule has 3 rings (SSSR count). The Bertz CT molecular complexity index is 726. The second kappa shape index (κ2) is 11.4. The van der Waals surface area contributed by atoms with Crippen molar-refractivity contribution in [1.82, 2.24) is 15.1 Å². The highest BCUT2D eigenvalue weighted by Gasteiger charge is 2.25. The molecule has 0 saturated carbocycles. The zero-order chi connectivity index (χ0) is 21.3. The summed E-state index contributed by atoms with van der Waals surface area (Å²) in [7, 11) is 3.32. The number of rotatable bonds is 9. The third-order valence-corrected chi connectivity index (χ3v) is 6.32. The van der Waals surface area contributed by atoms with Crippen molar-refractivity contribution in [3.63, 3.8) is 0 Å². The summed E-state index contributed by atoms with van der Waals surface area (Å²) in [4.78, 5) is 17.3. The van der Waals surface area contributed by atoms with Crippen molar-refractivity contribution in [2.45, 2.75) is 51.6 Å². The molecule has 30 heavy (non-hydrogen) atoms. The number of carbonyl (C=O) groups is 1. The van der Waals surface area contributed by atoms with Gasteiger partial charge in [-0.2, -0.15) is 0 Å². The summed E-state index contributed by atoms with van der Waals surface area (Å²) in [6.45, 7) is 7.40. The number of carbonyl (C=O) groups excluding carboxylic acids is 1. The van der Waals surface area contributed by atoms with Gasteiger partial charge in [-0.3, -0.25) is 14.6 Å². The van der Waals surface area contributed by atoms with Crippen LogP contribution < -0.4 is 14.8 Å². The molecule has 1 heterocycles. The summed E-state index contributed by atoms with van der Waals surface area (Å²) in [5.41, 5.74) is 2.72. The fourth-order valence-corrected chi connectivity index (χ4v) is 4.34. The first kappa shape index (κ1) is 22.6. The van der Waals surface area contributed by atoms with E-state index in [-0.39, 0.29) is 11.9 Å². The highest BCUT2D eigenvalue weighted by Crippen LogP contribution is 2.28. The first-order valence-corrected chi connectivity index (χ1v) is 11.2. The minimum Gasteiger partial charge on any atom is -0.493 e.